The SMILES string of the molecule is CCCCCC/C=C\C=C/CCCCCCCC(=O)O[C@H](COC(=O)CCCCCCCCCC(C)C)COP(=O)(O)OCC(O)COP(=O)(O)OC[C@@H](COC(=O)CCCCCCCCCCCCC(C)CC)OC(=O)CCCCCCCCCC(C)C. The quantitative estimate of drug-likeness (QED) is 0.0169. The second-order valence-electron chi connectivity index (χ2n) is 25.8. The Hall–Kier alpha value is -2.46. The number of phosphoric acid groups is 2. The molecule has 0 rings (SSSR count). The van der Waals surface area contributed by atoms with E-state index in [9.17, 15) is 43.2 Å². The molecule has 17 nitrogen and oxygen atoms in total. The lowest BCUT2D eigenvalue weighted by atomic mass is 9.99. The van der Waals surface area contributed by atoms with E-state index in [0.29, 0.717) is 37.5 Å². The van der Waals surface area contributed by atoms with Gasteiger partial charge in [-0.25, -0.2) is 9.13 Å². The minimum absolute atomic E-state index is 0.0836. The molecule has 3 N–H and O–H groups in total. The molecule has 0 aromatic carbocycles. The van der Waals surface area contributed by atoms with Crippen molar-refractivity contribution in [1.29, 1.82) is 0 Å². The molecule has 6 atom stereocenters. The summed E-state index contributed by atoms with van der Waals surface area (Å²) in [7, 11) is -9.91. The van der Waals surface area contributed by atoms with Crippen molar-refractivity contribution in [2.45, 2.75) is 343 Å². The fourth-order valence-electron chi connectivity index (χ4n) is 9.97. The highest BCUT2D eigenvalue weighted by Crippen LogP contribution is 2.45. The number of rotatable bonds is 66. The monoisotopic (exact) mass is 1310 g/mol. The second kappa shape index (κ2) is 60.5. The number of aliphatic hydroxyl groups excluding tert-OH is 1. The topological polar surface area (TPSA) is 237 Å². The van der Waals surface area contributed by atoms with Crippen LogP contribution in [-0.2, 0) is 65.4 Å². The van der Waals surface area contributed by atoms with Crippen molar-refractivity contribution in [2.24, 2.45) is 17.8 Å². The van der Waals surface area contributed by atoms with E-state index >= 15 is 0 Å². The average molecular weight is 1310 g/mol. The molecular formula is C70H132O17P2. The summed E-state index contributed by atoms with van der Waals surface area (Å²) in [5, 5.41) is 10.6. The number of carbonyl (C=O) groups is 4. The Balaban J connectivity index is 5.27. The van der Waals surface area contributed by atoms with Crippen LogP contribution in [0.2, 0.25) is 0 Å². The van der Waals surface area contributed by atoms with Crippen molar-refractivity contribution in [1.82, 2.24) is 0 Å². The molecule has 0 bridgehead atoms. The molecule has 0 aromatic heterocycles. The lowest BCUT2D eigenvalue weighted by Crippen LogP contribution is -2.30. The number of hydrogen-bond acceptors (Lipinski definition) is 15. The molecule has 0 heterocycles. The smallest absolute Gasteiger partial charge is 0.462 e. The number of allylic oxidation sites excluding steroid dienone is 4. The van der Waals surface area contributed by atoms with Gasteiger partial charge in [-0.1, -0.05) is 272 Å². The van der Waals surface area contributed by atoms with Crippen LogP contribution >= 0.6 is 15.6 Å². The third-order valence-electron chi connectivity index (χ3n) is 15.9. The van der Waals surface area contributed by atoms with Gasteiger partial charge in [0.1, 0.15) is 19.3 Å². The van der Waals surface area contributed by atoms with Gasteiger partial charge in [0.25, 0.3) is 0 Å². The van der Waals surface area contributed by atoms with E-state index in [2.05, 4.69) is 72.8 Å². The maximum absolute atomic E-state index is 13.0. The number of phosphoric ester groups is 2. The predicted molar refractivity (Wildman–Crippen MR) is 358 cm³/mol. The van der Waals surface area contributed by atoms with Gasteiger partial charge in [-0.2, -0.15) is 0 Å². The Morgan fingerprint density at radius 2 is 0.663 bits per heavy atom. The fraction of sp³-hybridized carbons (Fsp3) is 0.886. The van der Waals surface area contributed by atoms with Gasteiger partial charge < -0.3 is 33.8 Å². The van der Waals surface area contributed by atoms with Crippen LogP contribution in [0, 0.1) is 17.8 Å². The minimum atomic E-state index is -4.96. The van der Waals surface area contributed by atoms with Crippen LogP contribution in [0.1, 0.15) is 325 Å². The van der Waals surface area contributed by atoms with Gasteiger partial charge in [0.05, 0.1) is 26.4 Å². The van der Waals surface area contributed by atoms with Crippen molar-refractivity contribution in [3.05, 3.63) is 24.3 Å². The Morgan fingerprint density at radius 3 is 1.00 bits per heavy atom. The summed E-state index contributed by atoms with van der Waals surface area (Å²) < 4.78 is 68.2. The summed E-state index contributed by atoms with van der Waals surface area (Å²) in [6, 6.07) is 0. The van der Waals surface area contributed by atoms with Crippen LogP contribution in [-0.4, -0.2) is 96.7 Å². The summed E-state index contributed by atoms with van der Waals surface area (Å²) in [6.07, 6.45) is 46.7. The highest BCUT2D eigenvalue weighted by molar-refractivity contribution is 7.47. The molecule has 0 radical (unpaired) electrons. The number of unbranched alkanes of at least 4 members (excludes halogenated alkanes) is 30. The van der Waals surface area contributed by atoms with E-state index < -0.39 is 97.5 Å². The van der Waals surface area contributed by atoms with Gasteiger partial charge in [0.2, 0.25) is 0 Å². The molecule has 0 fully saturated rings. The van der Waals surface area contributed by atoms with E-state index in [0.717, 1.165) is 115 Å². The first-order chi connectivity index (χ1) is 42.8. The molecule has 89 heavy (non-hydrogen) atoms. The van der Waals surface area contributed by atoms with Crippen molar-refractivity contribution < 1.29 is 80.2 Å². The standard InChI is InChI=1S/C70H132O17P2/c1-8-10-11-12-13-14-15-16-17-18-19-24-31-39-46-53-69(74)86-65(58-81-68(73)52-45-38-32-25-27-34-41-48-61(3)4)59-84-88(76,77)82-55-64(71)56-83-89(78,79)85-60-66(87-70(75)54-47-40-33-26-28-35-42-49-62(5)6)57-80-67(72)51-44-37-30-23-21-20-22-29-36-43-50-63(7)9-2/h14-17,61-66,71H,8-13,18-60H2,1-7H3,(H,76,77)(H,78,79)/b15-14-,17-16-/t63?,64?,65-,66-/m1/s1. The lowest BCUT2D eigenvalue weighted by molar-refractivity contribution is -0.161. The normalized spacial score (nSPS) is 14.7. The van der Waals surface area contributed by atoms with Crippen LogP contribution < -0.4 is 0 Å². The summed E-state index contributed by atoms with van der Waals surface area (Å²) in [5.41, 5.74) is 0. The maximum Gasteiger partial charge on any atom is 0.472 e. The van der Waals surface area contributed by atoms with Gasteiger partial charge in [0.15, 0.2) is 12.2 Å². The third kappa shape index (κ3) is 62.7. The largest absolute Gasteiger partial charge is 0.472 e. The Labute approximate surface area is 542 Å². The van der Waals surface area contributed by atoms with E-state index in [1.807, 2.05) is 0 Å². The van der Waals surface area contributed by atoms with Gasteiger partial charge in [-0.05, 0) is 69.1 Å². The average Bonchev–Trinajstić information content (AvgIpc) is 3.63. The first-order valence-corrected chi connectivity index (χ1v) is 38.7. The molecule has 0 saturated heterocycles. The van der Waals surface area contributed by atoms with Crippen LogP contribution in [0.15, 0.2) is 24.3 Å². The number of esters is 4. The third-order valence-corrected chi connectivity index (χ3v) is 17.8. The number of hydrogen-bond donors (Lipinski definition) is 3. The van der Waals surface area contributed by atoms with Crippen LogP contribution in [0.25, 0.3) is 0 Å². The summed E-state index contributed by atoms with van der Waals surface area (Å²) >= 11 is 0. The van der Waals surface area contributed by atoms with Crippen molar-refractivity contribution in [2.75, 3.05) is 39.6 Å². The van der Waals surface area contributed by atoms with E-state index in [1.54, 1.807) is 0 Å². The summed E-state index contributed by atoms with van der Waals surface area (Å²) in [5.74, 6) is 0.0433. The first kappa shape index (κ1) is 86.5. The molecule has 0 saturated carbocycles. The Kier molecular flexibility index (Phi) is 58.8. The Bertz CT molecular complexity index is 1840. The highest BCUT2D eigenvalue weighted by Gasteiger charge is 2.30. The molecule has 0 aliphatic rings. The van der Waals surface area contributed by atoms with Crippen molar-refractivity contribution >= 4 is 39.5 Å². The molecule has 4 unspecified atom stereocenters. The van der Waals surface area contributed by atoms with Crippen molar-refractivity contribution in [3.8, 4) is 0 Å². The lowest BCUT2D eigenvalue weighted by Gasteiger charge is -2.21. The zero-order valence-corrected chi connectivity index (χ0v) is 59.2. The molecular weight excluding hydrogens is 1170 g/mol. The van der Waals surface area contributed by atoms with Crippen LogP contribution in [0.3, 0.4) is 0 Å². The zero-order chi connectivity index (χ0) is 65.9. The fourth-order valence-corrected chi connectivity index (χ4v) is 11.5. The summed E-state index contributed by atoms with van der Waals surface area (Å²) in [6.45, 7) is 11.7. The zero-order valence-electron chi connectivity index (χ0n) is 57.4. The predicted octanol–water partition coefficient (Wildman–Crippen LogP) is 19.4. The molecule has 0 spiro atoms. The number of ether oxygens (including phenoxy) is 4. The molecule has 524 valence electrons. The molecule has 19 heteroatoms. The van der Waals surface area contributed by atoms with E-state index in [1.165, 1.54) is 116 Å². The van der Waals surface area contributed by atoms with Gasteiger partial charge in [-0.15, -0.1) is 0 Å². The first-order valence-electron chi connectivity index (χ1n) is 35.7. The van der Waals surface area contributed by atoms with Crippen LogP contribution in [0.4, 0.5) is 0 Å². The van der Waals surface area contributed by atoms with Gasteiger partial charge >= 0.3 is 39.5 Å². The molecule has 0 aromatic rings. The number of aliphatic hydroxyl groups is 1. The van der Waals surface area contributed by atoms with Crippen molar-refractivity contribution in [3.63, 3.8) is 0 Å². The highest BCUT2D eigenvalue weighted by atomic mass is 31.2. The van der Waals surface area contributed by atoms with Gasteiger partial charge in [0, 0.05) is 25.7 Å². The molecule has 0 amide bonds. The van der Waals surface area contributed by atoms with Crippen LogP contribution in [0.5, 0.6) is 0 Å². The molecule has 0 aliphatic heterocycles. The second-order valence-corrected chi connectivity index (χ2v) is 28.7. The van der Waals surface area contributed by atoms with Gasteiger partial charge in [-0.3, -0.25) is 37.3 Å². The number of carbonyl (C=O) groups excluding carboxylic acids is 4. The Morgan fingerprint density at radius 1 is 0.371 bits per heavy atom. The van der Waals surface area contributed by atoms with E-state index in [4.69, 9.17) is 37.0 Å². The molecule has 0 aliphatic carbocycles. The summed E-state index contributed by atoms with van der Waals surface area (Å²) in [4.78, 5) is 72.5. The maximum atomic E-state index is 13.0. The van der Waals surface area contributed by atoms with E-state index in [-0.39, 0.29) is 25.7 Å². The minimum Gasteiger partial charge on any atom is -0.462 e.